The Kier molecular flexibility index (Phi) is 4.69. The van der Waals surface area contributed by atoms with Crippen molar-refractivity contribution in [1.82, 2.24) is 0 Å². The lowest BCUT2D eigenvalue weighted by Gasteiger charge is -2.33. The van der Waals surface area contributed by atoms with Crippen LogP contribution in [0.3, 0.4) is 0 Å². The predicted octanol–water partition coefficient (Wildman–Crippen LogP) is 2.40. The molecule has 1 heterocycles. The molecule has 2 rings (SSSR count). The first-order chi connectivity index (χ1) is 9.93. The molecule has 1 fully saturated rings. The zero-order chi connectivity index (χ0) is 15.5. The third-order valence-corrected chi connectivity index (χ3v) is 4.38. The summed E-state index contributed by atoms with van der Waals surface area (Å²) in [5.74, 6) is -0.287. The van der Waals surface area contributed by atoms with Crippen molar-refractivity contribution in [1.29, 1.82) is 0 Å². The minimum Gasteiger partial charge on any atom is -0.468 e. The summed E-state index contributed by atoms with van der Waals surface area (Å²) in [5, 5.41) is 0. The Balaban J connectivity index is 2.30. The highest BCUT2D eigenvalue weighted by Crippen LogP contribution is 2.38. The van der Waals surface area contributed by atoms with Crippen molar-refractivity contribution in [2.75, 3.05) is 13.7 Å². The number of carbonyl (C=O) groups excluding carboxylic acids is 1. The van der Waals surface area contributed by atoms with Crippen LogP contribution in [0.4, 0.5) is 0 Å². The lowest BCUT2D eigenvalue weighted by Crippen LogP contribution is -2.46. The summed E-state index contributed by atoms with van der Waals surface area (Å²) in [5.41, 5.74) is 5.94. The summed E-state index contributed by atoms with van der Waals surface area (Å²) in [6.07, 6.45) is 2.53. The van der Waals surface area contributed by atoms with E-state index in [1.54, 1.807) is 0 Å². The first-order valence-electron chi connectivity index (χ1n) is 7.45. The van der Waals surface area contributed by atoms with Crippen molar-refractivity contribution in [3.8, 4) is 0 Å². The molecule has 0 radical (unpaired) electrons. The number of hydrogen-bond acceptors (Lipinski definition) is 4. The lowest BCUT2D eigenvalue weighted by atomic mass is 9.75. The van der Waals surface area contributed by atoms with Crippen molar-refractivity contribution < 1.29 is 14.3 Å². The van der Waals surface area contributed by atoms with Crippen molar-refractivity contribution >= 4 is 5.97 Å². The molecule has 116 valence electrons. The molecule has 2 atom stereocenters. The third kappa shape index (κ3) is 3.27. The Morgan fingerprint density at radius 3 is 2.57 bits per heavy atom. The van der Waals surface area contributed by atoms with E-state index < -0.39 is 5.41 Å². The van der Waals surface area contributed by atoms with Gasteiger partial charge in [-0.2, -0.15) is 0 Å². The van der Waals surface area contributed by atoms with Crippen molar-refractivity contribution in [3.05, 3.63) is 35.9 Å². The first-order valence-corrected chi connectivity index (χ1v) is 7.45. The number of benzene rings is 1. The molecule has 4 nitrogen and oxygen atoms in total. The fourth-order valence-corrected chi connectivity index (χ4v) is 3.17. The SMILES string of the molecule is COC(=O)C(CN)(CC1CCC(C)(C)O1)c1ccccc1. The van der Waals surface area contributed by atoms with Gasteiger partial charge in [-0.15, -0.1) is 0 Å². The highest BCUT2D eigenvalue weighted by Gasteiger charge is 2.45. The number of rotatable bonds is 5. The van der Waals surface area contributed by atoms with Crippen LogP contribution in [0.25, 0.3) is 0 Å². The van der Waals surface area contributed by atoms with Crippen LogP contribution in [0.1, 0.15) is 38.7 Å². The normalized spacial score (nSPS) is 23.5. The Morgan fingerprint density at radius 2 is 2.10 bits per heavy atom. The summed E-state index contributed by atoms with van der Waals surface area (Å²) in [6.45, 7) is 4.37. The van der Waals surface area contributed by atoms with E-state index in [0.29, 0.717) is 6.42 Å². The molecule has 0 aromatic heterocycles. The predicted molar refractivity (Wildman–Crippen MR) is 82.0 cm³/mol. The van der Waals surface area contributed by atoms with Gasteiger partial charge in [-0.3, -0.25) is 4.79 Å². The van der Waals surface area contributed by atoms with Gasteiger partial charge < -0.3 is 15.2 Å². The molecule has 0 bridgehead atoms. The summed E-state index contributed by atoms with van der Waals surface area (Å²) >= 11 is 0. The van der Waals surface area contributed by atoms with E-state index in [0.717, 1.165) is 18.4 Å². The van der Waals surface area contributed by atoms with Crippen molar-refractivity contribution in [2.45, 2.75) is 50.2 Å². The van der Waals surface area contributed by atoms with Crippen LogP contribution in [0.5, 0.6) is 0 Å². The maximum absolute atomic E-state index is 12.5. The van der Waals surface area contributed by atoms with E-state index >= 15 is 0 Å². The van der Waals surface area contributed by atoms with E-state index in [4.69, 9.17) is 15.2 Å². The van der Waals surface area contributed by atoms with Gasteiger partial charge in [-0.25, -0.2) is 0 Å². The van der Waals surface area contributed by atoms with Gasteiger partial charge in [0.05, 0.1) is 18.8 Å². The topological polar surface area (TPSA) is 61.5 Å². The number of carbonyl (C=O) groups is 1. The summed E-state index contributed by atoms with van der Waals surface area (Å²) in [6, 6.07) is 9.63. The fourth-order valence-electron chi connectivity index (χ4n) is 3.17. The number of ether oxygens (including phenoxy) is 2. The molecule has 0 aliphatic carbocycles. The van der Waals surface area contributed by atoms with Gasteiger partial charge in [-0.05, 0) is 38.7 Å². The molecule has 0 saturated carbocycles. The maximum Gasteiger partial charge on any atom is 0.317 e. The molecule has 0 spiro atoms. The molecule has 1 aliphatic heterocycles. The zero-order valence-corrected chi connectivity index (χ0v) is 13.1. The van der Waals surface area contributed by atoms with Gasteiger partial charge in [0.2, 0.25) is 0 Å². The molecule has 0 amide bonds. The molecule has 1 aromatic carbocycles. The second kappa shape index (κ2) is 6.16. The monoisotopic (exact) mass is 291 g/mol. The molecule has 2 unspecified atom stereocenters. The van der Waals surface area contributed by atoms with Gasteiger partial charge in [-0.1, -0.05) is 30.3 Å². The van der Waals surface area contributed by atoms with Crippen LogP contribution in [0.2, 0.25) is 0 Å². The average Bonchev–Trinajstić information content (AvgIpc) is 2.83. The van der Waals surface area contributed by atoms with E-state index in [9.17, 15) is 4.79 Å². The molecule has 2 N–H and O–H groups in total. The molecule has 21 heavy (non-hydrogen) atoms. The number of hydrogen-bond donors (Lipinski definition) is 1. The molecular formula is C17H25NO3. The average molecular weight is 291 g/mol. The quantitative estimate of drug-likeness (QED) is 0.846. The maximum atomic E-state index is 12.5. The Morgan fingerprint density at radius 1 is 1.43 bits per heavy atom. The van der Waals surface area contributed by atoms with Gasteiger partial charge in [0.15, 0.2) is 0 Å². The fraction of sp³-hybridized carbons (Fsp3) is 0.588. The summed E-state index contributed by atoms with van der Waals surface area (Å²) in [4.78, 5) is 12.5. The molecule has 1 aliphatic rings. The van der Waals surface area contributed by atoms with E-state index in [1.165, 1.54) is 7.11 Å². The lowest BCUT2D eigenvalue weighted by molar-refractivity contribution is -0.149. The highest BCUT2D eigenvalue weighted by atomic mass is 16.5. The Hall–Kier alpha value is -1.39. The largest absolute Gasteiger partial charge is 0.468 e. The standard InChI is InChI=1S/C17H25NO3/c1-16(2)10-9-14(21-16)11-17(12-18,15(19)20-3)13-7-5-4-6-8-13/h4-8,14H,9-12,18H2,1-3H3. The first kappa shape index (κ1) is 16.0. The minimum atomic E-state index is -0.832. The molecule has 1 aromatic rings. The Labute approximate surface area is 126 Å². The minimum absolute atomic E-state index is 0.0304. The molecule has 1 saturated heterocycles. The van der Waals surface area contributed by atoms with Crippen molar-refractivity contribution in [2.24, 2.45) is 5.73 Å². The molecular weight excluding hydrogens is 266 g/mol. The summed E-state index contributed by atoms with van der Waals surface area (Å²) < 4.78 is 11.1. The third-order valence-electron chi connectivity index (χ3n) is 4.38. The molecule has 4 heteroatoms. The van der Waals surface area contributed by atoms with E-state index in [2.05, 4.69) is 13.8 Å². The zero-order valence-electron chi connectivity index (χ0n) is 13.1. The Bertz CT molecular complexity index is 486. The van der Waals surface area contributed by atoms with Crippen LogP contribution in [0.15, 0.2) is 30.3 Å². The number of nitrogens with two attached hydrogens (primary N) is 1. The second-order valence-corrected chi connectivity index (χ2v) is 6.39. The van der Waals surface area contributed by atoms with Gasteiger partial charge in [0, 0.05) is 6.54 Å². The highest BCUT2D eigenvalue weighted by molar-refractivity contribution is 5.83. The van der Waals surface area contributed by atoms with Crippen LogP contribution >= 0.6 is 0 Å². The summed E-state index contributed by atoms with van der Waals surface area (Å²) in [7, 11) is 1.41. The van der Waals surface area contributed by atoms with Gasteiger partial charge in [0.25, 0.3) is 0 Å². The van der Waals surface area contributed by atoms with Gasteiger partial charge in [0.1, 0.15) is 5.41 Å². The smallest absolute Gasteiger partial charge is 0.317 e. The van der Waals surface area contributed by atoms with E-state index in [1.807, 2.05) is 30.3 Å². The van der Waals surface area contributed by atoms with Crippen LogP contribution in [-0.4, -0.2) is 31.3 Å². The van der Waals surface area contributed by atoms with Gasteiger partial charge >= 0.3 is 5.97 Å². The van der Waals surface area contributed by atoms with Crippen LogP contribution in [-0.2, 0) is 19.7 Å². The van der Waals surface area contributed by atoms with Crippen LogP contribution < -0.4 is 5.73 Å². The van der Waals surface area contributed by atoms with Crippen LogP contribution in [0, 0.1) is 0 Å². The second-order valence-electron chi connectivity index (χ2n) is 6.39. The number of esters is 1. The number of methoxy groups -OCH3 is 1. The van der Waals surface area contributed by atoms with Crippen molar-refractivity contribution in [3.63, 3.8) is 0 Å². The van der Waals surface area contributed by atoms with E-state index in [-0.39, 0.29) is 24.2 Å².